The highest BCUT2D eigenvalue weighted by molar-refractivity contribution is 9.11. The molecule has 0 saturated carbocycles. The Bertz CT molecular complexity index is 738. The van der Waals surface area contributed by atoms with Crippen molar-refractivity contribution < 1.29 is 14.6 Å². The van der Waals surface area contributed by atoms with Crippen molar-refractivity contribution in [1.82, 2.24) is 0 Å². The van der Waals surface area contributed by atoms with E-state index in [0.717, 1.165) is 15.6 Å². The fourth-order valence-corrected chi connectivity index (χ4v) is 3.52. The molecule has 0 aliphatic heterocycles. The summed E-state index contributed by atoms with van der Waals surface area (Å²) in [6, 6.07) is 8.77. The Labute approximate surface area is 159 Å². The third-order valence-corrected chi connectivity index (χ3v) is 4.86. The molecule has 24 heavy (non-hydrogen) atoms. The normalized spacial score (nSPS) is 11.2. The molecule has 5 heteroatoms. The molecule has 0 saturated heterocycles. The van der Waals surface area contributed by atoms with Crippen molar-refractivity contribution >= 4 is 37.8 Å². The van der Waals surface area contributed by atoms with Gasteiger partial charge in [0.1, 0.15) is 11.5 Å². The zero-order valence-corrected chi connectivity index (χ0v) is 17.2. The largest absolute Gasteiger partial charge is 0.507 e. The van der Waals surface area contributed by atoms with Crippen LogP contribution in [0.5, 0.6) is 11.5 Å². The zero-order valence-electron chi connectivity index (χ0n) is 14.1. The van der Waals surface area contributed by atoms with Crippen molar-refractivity contribution in [3.05, 3.63) is 56.0 Å². The quantitative estimate of drug-likeness (QED) is 0.429. The molecule has 2 rings (SSSR count). The van der Waals surface area contributed by atoms with Crippen molar-refractivity contribution in [2.24, 2.45) is 0 Å². The maximum Gasteiger partial charge on any atom is 0.343 e. The molecule has 1 N–H and O–H groups in total. The Balaban J connectivity index is 2.41. The number of halogens is 2. The molecular formula is C19H20Br2O3. The second-order valence-electron chi connectivity index (χ2n) is 6.28. The summed E-state index contributed by atoms with van der Waals surface area (Å²) in [6.45, 7) is 7.94. The monoisotopic (exact) mass is 454 g/mol. The molecule has 0 radical (unpaired) electrons. The maximum absolute atomic E-state index is 12.6. The van der Waals surface area contributed by atoms with Crippen molar-refractivity contribution in [3.63, 3.8) is 0 Å². The van der Waals surface area contributed by atoms with Gasteiger partial charge in [0.2, 0.25) is 0 Å². The zero-order chi connectivity index (χ0) is 18.0. The molecule has 0 amide bonds. The van der Waals surface area contributed by atoms with Crippen LogP contribution in [0.4, 0.5) is 0 Å². The SMILES string of the molecule is CC(C)c1cc(C(=O)Oc2ccc(Br)cc2Br)cc(C(C)C)c1O. The maximum atomic E-state index is 12.6. The van der Waals surface area contributed by atoms with Crippen LogP contribution in [0, 0.1) is 0 Å². The van der Waals surface area contributed by atoms with Crippen LogP contribution < -0.4 is 4.74 Å². The Morgan fingerprint density at radius 1 is 1.00 bits per heavy atom. The number of hydrogen-bond donors (Lipinski definition) is 1. The fraction of sp³-hybridized carbons (Fsp3) is 0.316. The number of phenols is 1. The van der Waals surface area contributed by atoms with Gasteiger partial charge in [-0.3, -0.25) is 0 Å². The fourth-order valence-electron chi connectivity index (χ4n) is 2.39. The summed E-state index contributed by atoms with van der Waals surface area (Å²) in [5.74, 6) is 0.487. The van der Waals surface area contributed by atoms with Crippen LogP contribution in [0.2, 0.25) is 0 Å². The first-order chi connectivity index (χ1) is 11.2. The first-order valence-electron chi connectivity index (χ1n) is 7.74. The molecule has 0 fully saturated rings. The van der Waals surface area contributed by atoms with Gasteiger partial charge >= 0.3 is 5.97 Å². The lowest BCUT2D eigenvalue weighted by Gasteiger charge is -2.17. The smallest absolute Gasteiger partial charge is 0.343 e. The Morgan fingerprint density at radius 2 is 1.54 bits per heavy atom. The molecule has 2 aromatic carbocycles. The van der Waals surface area contributed by atoms with Crippen LogP contribution in [-0.4, -0.2) is 11.1 Å². The average molecular weight is 456 g/mol. The van der Waals surface area contributed by atoms with E-state index in [4.69, 9.17) is 4.74 Å². The van der Waals surface area contributed by atoms with E-state index in [1.54, 1.807) is 18.2 Å². The van der Waals surface area contributed by atoms with Crippen LogP contribution in [0.3, 0.4) is 0 Å². The lowest BCUT2D eigenvalue weighted by Crippen LogP contribution is -2.11. The van der Waals surface area contributed by atoms with E-state index in [2.05, 4.69) is 31.9 Å². The summed E-state index contributed by atoms with van der Waals surface area (Å²) in [6.07, 6.45) is 0. The minimum Gasteiger partial charge on any atom is -0.507 e. The Hall–Kier alpha value is -1.33. The van der Waals surface area contributed by atoms with Crippen molar-refractivity contribution in [1.29, 1.82) is 0 Å². The van der Waals surface area contributed by atoms with Gasteiger partial charge in [-0.1, -0.05) is 43.6 Å². The van der Waals surface area contributed by atoms with Gasteiger partial charge in [0.05, 0.1) is 10.0 Å². The lowest BCUT2D eigenvalue weighted by molar-refractivity contribution is 0.0733. The number of carbonyl (C=O) groups excluding carboxylic acids is 1. The highest BCUT2D eigenvalue weighted by atomic mass is 79.9. The van der Waals surface area contributed by atoms with E-state index in [-0.39, 0.29) is 17.6 Å². The van der Waals surface area contributed by atoms with Crippen LogP contribution in [0.1, 0.15) is 61.0 Å². The van der Waals surface area contributed by atoms with Gasteiger partial charge in [-0.25, -0.2) is 4.79 Å². The molecule has 2 aromatic rings. The predicted octanol–water partition coefficient (Wildman–Crippen LogP) is 6.38. The minimum absolute atomic E-state index is 0.106. The van der Waals surface area contributed by atoms with Gasteiger partial charge in [0, 0.05) is 4.47 Å². The second kappa shape index (κ2) is 7.70. The van der Waals surface area contributed by atoms with Gasteiger partial charge in [-0.2, -0.15) is 0 Å². The topological polar surface area (TPSA) is 46.5 Å². The summed E-state index contributed by atoms with van der Waals surface area (Å²) < 4.78 is 7.09. The van der Waals surface area contributed by atoms with E-state index in [0.29, 0.717) is 15.8 Å². The first-order valence-corrected chi connectivity index (χ1v) is 9.33. The molecule has 3 nitrogen and oxygen atoms in total. The third-order valence-electron chi connectivity index (χ3n) is 3.75. The van der Waals surface area contributed by atoms with E-state index < -0.39 is 5.97 Å². The lowest BCUT2D eigenvalue weighted by atomic mass is 9.91. The molecule has 0 heterocycles. The van der Waals surface area contributed by atoms with Gasteiger partial charge in [-0.05, 0) is 69.2 Å². The van der Waals surface area contributed by atoms with Gasteiger partial charge in [0.25, 0.3) is 0 Å². The highest BCUT2D eigenvalue weighted by Crippen LogP contribution is 2.35. The van der Waals surface area contributed by atoms with E-state index >= 15 is 0 Å². The Morgan fingerprint density at radius 3 is 2.00 bits per heavy atom. The van der Waals surface area contributed by atoms with E-state index in [1.165, 1.54) is 0 Å². The number of ether oxygens (including phenoxy) is 1. The van der Waals surface area contributed by atoms with Crippen molar-refractivity contribution in [2.45, 2.75) is 39.5 Å². The van der Waals surface area contributed by atoms with Gasteiger partial charge < -0.3 is 9.84 Å². The van der Waals surface area contributed by atoms with Crippen LogP contribution in [-0.2, 0) is 0 Å². The molecule has 0 atom stereocenters. The van der Waals surface area contributed by atoms with Gasteiger partial charge in [-0.15, -0.1) is 0 Å². The van der Waals surface area contributed by atoms with Crippen LogP contribution in [0.15, 0.2) is 39.3 Å². The summed E-state index contributed by atoms with van der Waals surface area (Å²) in [4.78, 5) is 12.6. The van der Waals surface area contributed by atoms with E-state index in [1.807, 2.05) is 39.8 Å². The number of carbonyl (C=O) groups is 1. The summed E-state index contributed by atoms with van der Waals surface area (Å²) in [7, 11) is 0. The molecule has 0 aromatic heterocycles. The number of rotatable bonds is 4. The van der Waals surface area contributed by atoms with Gasteiger partial charge in [0.15, 0.2) is 0 Å². The first kappa shape index (κ1) is 19.0. The molecule has 0 aliphatic rings. The average Bonchev–Trinajstić information content (AvgIpc) is 2.49. The molecule has 0 spiro atoms. The number of hydrogen-bond acceptors (Lipinski definition) is 3. The number of esters is 1. The minimum atomic E-state index is -0.443. The third kappa shape index (κ3) is 4.19. The van der Waals surface area contributed by atoms with Crippen molar-refractivity contribution in [2.75, 3.05) is 0 Å². The summed E-state index contributed by atoms with van der Waals surface area (Å²) in [5.41, 5.74) is 1.95. The van der Waals surface area contributed by atoms with Crippen LogP contribution >= 0.6 is 31.9 Å². The molecule has 0 bridgehead atoms. The molecule has 128 valence electrons. The van der Waals surface area contributed by atoms with Crippen LogP contribution in [0.25, 0.3) is 0 Å². The standard InChI is InChI=1S/C19H20Br2O3/c1-10(2)14-7-12(8-15(11(3)4)18(14)22)19(23)24-17-6-5-13(20)9-16(17)21/h5-11,22H,1-4H3. The number of aromatic hydroxyl groups is 1. The molecule has 0 unspecified atom stereocenters. The summed E-state index contributed by atoms with van der Waals surface area (Å²) >= 11 is 6.76. The Kier molecular flexibility index (Phi) is 6.10. The number of phenolic OH excluding ortho intramolecular Hbond substituents is 1. The molecular weight excluding hydrogens is 436 g/mol. The summed E-state index contributed by atoms with van der Waals surface area (Å²) in [5, 5.41) is 10.4. The molecule has 0 aliphatic carbocycles. The second-order valence-corrected chi connectivity index (χ2v) is 8.05. The van der Waals surface area contributed by atoms with E-state index in [9.17, 15) is 9.90 Å². The highest BCUT2D eigenvalue weighted by Gasteiger charge is 2.19. The van der Waals surface area contributed by atoms with Crippen molar-refractivity contribution in [3.8, 4) is 11.5 Å². The number of benzene rings is 2. The predicted molar refractivity (Wildman–Crippen MR) is 103 cm³/mol.